The highest BCUT2D eigenvalue weighted by atomic mass is 16.5. The summed E-state index contributed by atoms with van der Waals surface area (Å²) in [4.78, 5) is 12.5. The first-order valence-electron chi connectivity index (χ1n) is 12.1. The Morgan fingerprint density at radius 1 is 0.861 bits per heavy atom. The number of hydrogen-bond acceptors (Lipinski definition) is 5. The van der Waals surface area contributed by atoms with Crippen LogP contribution in [0.3, 0.4) is 0 Å². The van der Waals surface area contributed by atoms with E-state index in [1.807, 2.05) is 56.3 Å². The van der Waals surface area contributed by atoms with Crippen molar-refractivity contribution >= 4 is 22.9 Å². The number of carbonyl (C=O) groups excluding carboxylic acids is 1. The van der Waals surface area contributed by atoms with E-state index in [9.17, 15) is 4.79 Å². The van der Waals surface area contributed by atoms with E-state index >= 15 is 0 Å². The molecule has 0 heterocycles. The van der Waals surface area contributed by atoms with Gasteiger partial charge in [0.2, 0.25) is 0 Å². The molecule has 0 aromatic heterocycles. The van der Waals surface area contributed by atoms with Crippen LogP contribution in [0.1, 0.15) is 41.8 Å². The van der Waals surface area contributed by atoms with Crippen LogP contribution in [0.15, 0.2) is 90.0 Å². The Morgan fingerprint density at radius 2 is 1.67 bits per heavy atom. The Labute approximate surface area is 211 Å². The van der Waals surface area contributed by atoms with Crippen LogP contribution in [0, 0.1) is 0 Å². The fraction of sp³-hybridized carbons (Fsp3) is 0.200. The molecule has 4 rings (SSSR count). The van der Waals surface area contributed by atoms with Crippen molar-refractivity contribution in [2.24, 2.45) is 5.10 Å². The van der Waals surface area contributed by atoms with Gasteiger partial charge in [-0.25, -0.2) is 5.43 Å². The number of nitrogens with one attached hydrogen (secondary N) is 1. The maximum absolute atomic E-state index is 12.5. The first-order valence-corrected chi connectivity index (χ1v) is 12.1. The van der Waals surface area contributed by atoms with E-state index in [1.165, 1.54) is 10.8 Å². The molecule has 6 nitrogen and oxygen atoms in total. The number of ether oxygens (including phenoxy) is 3. The van der Waals surface area contributed by atoms with Gasteiger partial charge in [-0.1, -0.05) is 49.4 Å². The van der Waals surface area contributed by atoms with Crippen LogP contribution in [-0.2, 0) is 6.61 Å². The smallest absolute Gasteiger partial charge is 0.271 e. The number of hydrazone groups is 1. The quantitative estimate of drug-likeness (QED) is 0.199. The maximum Gasteiger partial charge on any atom is 0.271 e. The highest BCUT2D eigenvalue weighted by Gasteiger charge is 2.11. The fourth-order valence-corrected chi connectivity index (χ4v) is 3.71. The Hall–Kier alpha value is -4.32. The summed E-state index contributed by atoms with van der Waals surface area (Å²) >= 11 is 0. The minimum absolute atomic E-state index is 0.329. The van der Waals surface area contributed by atoms with E-state index in [0.717, 1.165) is 23.3 Å². The number of rotatable bonds is 11. The van der Waals surface area contributed by atoms with Crippen LogP contribution in [0.25, 0.3) is 10.8 Å². The van der Waals surface area contributed by atoms with Gasteiger partial charge in [0.15, 0.2) is 11.5 Å². The Morgan fingerprint density at radius 3 is 2.47 bits per heavy atom. The molecule has 0 fully saturated rings. The molecule has 0 atom stereocenters. The van der Waals surface area contributed by atoms with Crippen LogP contribution in [0.5, 0.6) is 17.2 Å². The Kier molecular flexibility index (Phi) is 8.54. The lowest BCUT2D eigenvalue weighted by atomic mass is 10.1. The second-order valence-electron chi connectivity index (χ2n) is 8.14. The van der Waals surface area contributed by atoms with Crippen molar-refractivity contribution in [2.75, 3.05) is 13.2 Å². The average molecular weight is 483 g/mol. The zero-order valence-electron chi connectivity index (χ0n) is 20.6. The molecule has 0 radical (unpaired) electrons. The lowest BCUT2D eigenvalue weighted by Crippen LogP contribution is -2.17. The van der Waals surface area contributed by atoms with E-state index in [4.69, 9.17) is 14.2 Å². The number of nitrogens with zero attached hydrogens (tertiary/aromatic N) is 1. The molecule has 36 heavy (non-hydrogen) atoms. The largest absolute Gasteiger partial charge is 0.490 e. The van der Waals surface area contributed by atoms with Crippen molar-refractivity contribution in [2.45, 2.75) is 26.9 Å². The van der Waals surface area contributed by atoms with Gasteiger partial charge >= 0.3 is 0 Å². The number of benzene rings is 4. The van der Waals surface area contributed by atoms with Gasteiger partial charge in [0, 0.05) is 5.56 Å². The highest BCUT2D eigenvalue weighted by Crippen LogP contribution is 2.28. The van der Waals surface area contributed by atoms with Crippen molar-refractivity contribution in [3.05, 3.63) is 102 Å². The number of amides is 1. The SMILES string of the molecule is CCCOc1ccc(C(=O)N/N=C/c2ccc(OCc3cccc4ccccc34)cc2)cc1OCC. The molecule has 4 aromatic rings. The van der Waals surface area contributed by atoms with Crippen LogP contribution >= 0.6 is 0 Å². The van der Waals surface area contributed by atoms with E-state index in [-0.39, 0.29) is 5.91 Å². The van der Waals surface area contributed by atoms with E-state index in [0.29, 0.717) is 36.9 Å². The lowest BCUT2D eigenvalue weighted by molar-refractivity contribution is 0.0954. The van der Waals surface area contributed by atoms with Gasteiger partial charge in [0.05, 0.1) is 19.4 Å². The second kappa shape index (κ2) is 12.4. The molecule has 0 spiro atoms. The normalized spacial score (nSPS) is 10.9. The molecule has 0 saturated heterocycles. The van der Waals surface area contributed by atoms with E-state index < -0.39 is 0 Å². The zero-order chi connectivity index (χ0) is 25.2. The summed E-state index contributed by atoms with van der Waals surface area (Å²) in [5, 5.41) is 6.47. The van der Waals surface area contributed by atoms with Gasteiger partial charge in [-0.15, -0.1) is 0 Å². The number of fused-ring (bicyclic) bond motifs is 1. The molecule has 1 N–H and O–H groups in total. The monoisotopic (exact) mass is 482 g/mol. The summed E-state index contributed by atoms with van der Waals surface area (Å²) < 4.78 is 17.3. The standard InChI is InChI=1S/C30H30N2O4/c1-3-18-35-28-17-14-24(19-29(28)34-4-2)30(33)32-31-20-22-12-15-26(16-13-22)36-21-25-10-7-9-23-8-5-6-11-27(23)25/h5-17,19-20H,3-4,18,21H2,1-2H3,(H,32,33)/b31-20+. The van der Waals surface area contributed by atoms with Crippen molar-refractivity contribution < 1.29 is 19.0 Å². The summed E-state index contributed by atoms with van der Waals surface area (Å²) in [6, 6.07) is 27.2. The molecule has 0 saturated carbocycles. The summed E-state index contributed by atoms with van der Waals surface area (Å²) in [6.45, 7) is 5.47. The molecule has 0 bridgehead atoms. The minimum Gasteiger partial charge on any atom is -0.490 e. The molecule has 0 aliphatic rings. The second-order valence-corrected chi connectivity index (χ2v) is 8.14. The third-order valence-corrected chi connectivity index (χ3v) is 5.50. The zero-order valence-corrected chi connectivity index (χ0v) is 20.6. The fourth-order valence-electron chi connectivity index (χ4n) is 3.71. The van der Waals surface area contributed by atoms with Crippen molar-refractivity contribution in [1.29, 1.82) is 0 Å². The van der Waals surface area contributed by atoms with Crippen LogP contribution in [-0.4, -0.2) is 25.3 Å². The Balaban J connectivity index is 1.33. The summed E-state index contributed by atoms with van der Waals surface area (Å²) in [5.74, 6) is 1.60. The molecule has 0 unspecified atom stereocenters. The predicted molar refractivity (Wildman–Crippen MR) is 143 cm³/mol. The first-order chi connectivity index (χ1) is 17.7. The molecule has 4 aromatic carbocycles. The third kappa shape index (κ3) is 6.42. The van der Waals surface area contributed by atoms with Crippen LogP contribution in [0.4, 0.5) is 0 Å². The molecular formula is C30H30N2O4. The number of hydrogen-bond donors (Lipinski definition) is 1. The predicted octanol–water partition coefficient (Wildman–Crippen LogP) is 6.37. The molecular weight excluding hydrogens is 452 g/mol. The van der Waals surface area contributed by atoms with Crippen LogP contribution < -0.4 is 19.6 Å². The van der Waals surface area contributed by atoms with E-state index in [2.05, 4.69) is 34.8 Å². The number of carbonyl (C=O) groups is 1. The van der Waals surface area contributed by atoms with E-state index in [1.54, 1.807) is 24.4 Å². The molecule has 1 amide bonds. The lowest BCUT2D eigenvalue weighted by Gasteiger charge is -2.12. The maximum atomic E-state index is 12.5. The summed E-state index contributed by atoms with van der Waals surface area (Å²) in [5.41, 5.74) is 4.98. The molecule has 0 aliphatic carbocycles. The van der Waals surface area contributed by atoms with Crippen molar-refractivity contribution in [3.63, 3.8) is 0 Å². The molecule has 184 valence electrons. The van der Waals surface area contributed by atoms with Gasteiger partial charge in [0.1, 0.15) is 12.4 Å². The summed E-state index contributed by atoms with van der Waals surface area (Å²) in [6.07, 6.45) is 2.48. The van der Waals surface area contributed by atoms with Gasteiger partial charge in [0.25, 0.3) is 5.91 Å². The summed E-state index contributed by atoms with van der Waals surface area (Å²) in [7, 11) is 0. The highest BCUT2D eigenvalue weighted by molar-refractivity contribution is 5.95. The minimum atomic E-state index is -0.329. The average Bonchev–Trinajstić information content (AvgIpc) is 2.92. The van der Waals surface area contributed by atoms with Crippen LogP contribution in [0.2, 0.25) is 0 Å². The van der Waals surface area contributed by atoms with Gasteiger partial charge in [-0.2, -0.15) is 5.10 Å². The van der Waals surface area contributed by atoms with Crippen molar-refractivity contribution in [3.8, 4) is 17.2 Å². The third-order valence-electron chi connectivity index (χ3n) is 5.50. The first kappa shape index (κ1) is 24.8. The topological polar surface area (TPSA) is 69.2 Å². The molecule has 6 heteroatoms. The Bertz CT molecular complexity index is 1330. The van der Waals surface area contributed by atoms with Crippen molar-refractivity contribution in [1.82, 2.24) is 5.43 Å². The van der Waals surface area contributed by atoms with Gasteiger partial charge < -0.3 is 14.2 Å². The van der Waals surface area contributed by atoms with Gasteiger partial charge in [-0.3, -0.25) is 4.79 Å². The van der Waals surface area contributed by atoms with Gasteiger partial charge in [-0.05, 0) is 77.7 Å². The molecule has 0 aliphatic heterocycles.